The van der Waals surface area contributed by atoms with Gasteiger partial charge < -0.3 is 10.5 Å². The van der Waals surface area contributed by atoms with E-state index in [9.17, 15) is 4.79 Å². The maximum absolute atomic E-state index is 10.8. The second-order valence-corrected chi connectivity index (χ2v) is 3.41. The summed E-state index contributed by atoms with van der Waals surface area (Å²) in [6.07, 6.45) is 2.43. The van der Waals surface area contributed by atoms with E-state index >= 15 is 0 Å². The number of pyridine rings is 1. The van der Waals surface area contributed by atoms with Gasteiger partial charge in [0.25, 0.3) is 0 Å². The molecule has 0 bridgehead atoms. The van der Waals surface area contributed by atoms with Crippen LogP contribution in [0.3, 0.4) is 0 Å². The van der Waals surface area contributed by atoms with Crippen molar-refractivity contribution in [2.45, 2.75) is 0 Å². The lowest BCUT2D eigenvalue weighted by atomic mass is 10.2. The van der Waals surface area contributed by atoms with Crippen LogP contribution in [-0.4, -0.2) is 21.7 Å². The Hall–Kier alpha value is -2.20. The average molecular weight is 214 g/mol. The molecule has 16 heavy (non-hydrogen) atoms. The summed E-state index contributed by atoms with van der Waals surface area (Å²) in [5.41, 5.74) is 2.31. The van der Waals surface area contributed by atoms with Gasteiger partial charge in [0.15, 0.2) is 6.29 Å². The Bertz CT molecular complexity index is 658. The number of benzene rings is 1. The molecule has 0 saturated heterocycles. The van der Waals surface area contributed by atoms with Crippen molar-refractivity contribution in [1.82, 2.24) is 9.97 Å². The molecule has 0 aliphatic heterocycles. The third kappa shape index (κ3) is 1.28. The number of aromatic nitrogens is 2. The molecule has 3 N–H and O–H groups in total. The van der Waals surface area contributed by atoms with Crippen LogP contribution >= 0.6 is 0 Å². The van der Waals surface area contributed by atoms with Crippen molar-refractivity contribution in [2.24, 2.45) is 0 Å². The highest BCUT2D eigenvalue weighted by molar-refractivity contribution is 6.10. The lowest BCUT2D eigenvalue weighted by molar-refractivity contribution is 0.112. The topological polar surface area (TPSA) is 77.2 Å². The summed E-state index contributed by atoms with van der Waals surface area (Å²) in [5, 5.41) is 2.17. The molecular formula is C12H10N2O2. The summed E-state index contributed by atoms with van der Waals surface area (Å²) >= 11 is 0. The SMILES string of the molecule is O.O=Cc1nccc2c1[nH]c1ccccc12. The van der Waals surface area contributed by atoms with Gasteiger partial charge in [-0.05, 0) is 12.1 Å². The van der Waals surface area contributed by atoms with E-state index in [0.29, 0.717) is 5.69 Å². The van der Waals surface area contributed by atoms with E-state index in [4.69, 9.17) is 0 Å². The van der Waals surface area contributed by atoms with Crippen molar-refractivity contribution >= 4 is 28.1 Å². The van der Waals surface area contributed by atoms with E-state index in [0.717, 1.165) is 28.1 Å². The number of aromatic amines is 1. The summed E-state index contributed by atoms with van der Waals surface area (Å²) in [7, 11) is 0. The van der Waals surface area contributed by atoms with E-state index in [1.165, 1.54) is 0 Å². The first-order chi connectivity index (χ1) is 7.40. The minimum Gasteiger partial charge on any atom is -0.412 e. The number of hydrogen-bond acceptors (Lipinski definition) is 2. The van der Waals surface area contributed by atoms with Crippen LogP contribution in [0.15, 0.2) is 36.5 Å². The maximum atomic E-state index is 10.8. The average Bonchev–Trinajstić information content (AvgIpc) is 2.67. The Morgan fingerprint density at radius 3 is 2.75 bits per heavy atom. The molecule has 0 aliphatic carbocycles. The molecule has 3 aromatic rings. The van der Waals surface area contributed by atoms with Crippen LogP contribution in [0.1, 0.15) is 10.5 Å². The predicted octanol–water partition coefficient (Wildman–Crippen LogP) is 1.70. The highest BCUT2D eigenvalue weighted by Gasteiger charge is 2.06. The van der Waals surface area contributed by atoms with Gasteiger partial charge in [0.2, 0.25) is 0 Å². The van der Waals surface area contributed by atoms with Crippen LogP contribution in [0.2, 0.25) is 0 Å². The van der Waals surface area contributed by atoms with Crippen LogP contribution in [0.25, 0.3) is 21.8 Å². The van der Waals surface area contributed by atoms with Crippen molar-refractivity contribution in [1.29, 1.82) is 0 Å². The molecule has 0 fully saturated rings. The number of carbonyl (C=O) groups excluding carboxylic acids is 1. The quantitative estimate of drug-likeness (QED) is 0.626. The van der Waals surface area contributed by atoms with Gasteiger partial charge in [-0.1, -0.05) is 18.2 Å². The van der Waals surface area contributed by atoms with Crippen molar-refractivity contribution in [3.63, 3.8) is 0 Å². The minimum atomic E-state index is 0. The second kappa shape index (κ2) is 3.75. The molecule has 2 heterocycles. The Morgan fingerprint density at radius 1 is 1.12 bits per heavy atom. The Kier molecular flexibility index (Phi) is 2.42. The van der Waals surface area contributed by atoms with Gasteiger partial charge in [0.1, 0.15) is 5.69 Å². The lowest BCUT2D eigenvalue weighted by Crippen LogP contribution is -1.86. The Morgan fingerprint density at radius 2 is 1.94 bits per heavy atom. The van der Waals surface area contributed by atoms with E-state index in [-0.39, 0.29) is 5.48 Å². The first-order valence-electron chi connectivity index (χ1n) is 4.71. The molecular weight excluding hydrogens is 204 g/mol. The summed E-state index contributed by atoms with van der Waals surface area (Å²) < 4.78 is 0. The number of para-hydroxylation sites is 1. The number of carbonyl (C=O) groups is 1. The third-order valence-corrected chi connectivity index (χ3v) is 2.57. The standard InChI is InChI=1S/C12H8N2O.H2O/c15-7-11-12-9(5-6-13-11)8-3-1-2-4-10(8)14-12;/h1-7,14H;1H2. The monoisotopic (exact) mass is 214 g/mol. The van der Waals surface area contributed by atoms with Crippen molar-refractivity contribution in [3.8, 4) is 0 Å². The number of nitrogens with zero attached hydrogens (tertiary/aromatic N) is 1. The fourth-order valence-electron chi connectivity index (χ4n) is 1.88. The molecule has 0 atom stereocenters. The van der Waals surface area contributed by atoms with E-state index in [1.807, 2.05) is 30.3 Å². The fraction of sp³-hybridized carbons (Fsp3) is 0. The van der Waals surface area contributed by atoms with Gasteiger partial charge in [0, 0.05) is 22.5 Å². The molecule has 0 unspecified atom stereocenters. The number of H-pyrrole nitrogens is 1. The van der Waals surface area contributed by atoms with Crippen molar-refractivity contribution < 1.29 is 10.3 Å². The van der Waals surface area contributed by atoms with E-state index in [2.05, 4.69) is 9.97 Å². The van der Waals surface area contributed by atoms with Crippen LogP contribution in [0.4, 0.5) is 0 Å². The summed E-state index contributed by atoms with van der Waals surface area (Å²) in [6, 6.07) is 9.89. The molecule has 3 rings (SSSR count). The highest BCUT2D eigenvalue weighted by atomic mass is 16.1. The van der Waals surface area contributed by atoms with E-state index in [1.54, 1.807) is 6.20 Å². The molecule has 0 aliphatic rings. The number of aldehydes is 1. The number of nitrogens with one attached hydrogen (secondary N) is 1. The molecule has 0 amide bonds. The second-order valence-electron chi connectivity index (χ2n) is 3.41. The predicted molar refractivity (Wildman–Crippen MR) is 62.6 cm³/mol. The van der Waals surface area contributed by atoms with Crippen LogP contribution in [0.5, 0.6) is 0 Å². The molecule has 4 heteroatoms. The van der Waals surface area contributed by atoms with Crippen LogP contribution in [0, 0.1) is 0 Å². The summed E-state index contributed by atoms with van der Waals surface area (Å²) in [5.74, 6) is 0. The van der Waals surface area contributed by atoms with E-state index < -0.39 is 0 Å². The zero-order valence-electron chi connectivity index (χ0n) is 8.40. The fourth-order valence-corrected chi connectivity index (χ4v) is 1.88. The number of fused-ring (bicyclic) bond motifs is 3. The molecule has 0 radical (unpaired) electrons. The normalized spacial score (nSPS) is 10.2. The zero-order valence-corrected chi connectivity index (χ0v) is 8.40. The van der Waals surface area contributed by atoms with Gasteiger partial charge >= 0.3 is 0 Å². The largest absolute Gasteiger partial charge is 0.412 e. The van der Waals surface area contributed by atoms with Gasteiger partial charge in [-0.2, -0.15) is 0 Å². The van der Waals surface area contributed by atoms with Gasteiger partial charge in [-0.15, -0.1) is 0 Å². The van der Waals surface area contributed by atoms with Gasteiger partial charge in [-0.3, -0.25) is 9.78 Å². The Labute approximate surface area is 91.2 Å². The van der Waals surface area contributed by atoms with Crippen LogP contribution in [-0.2, 0) is 0 Å². The Balaban J connectivity index is 0.000000963. The maximum Gasteiger partial charge on any atom is 0.170 e. The molecule has 0 saturated carbocycles. The number of rotatable bonds is 1. The molecule has 2 aromatic heterocycles. The molecule has 1 aromatic carbocycles. The summed E-state index contributed by atoms with van der Waals surface area (Å²) in [4.78, 5) is 18.0. The van der Waals surface area contributed by atoms with Crippen molar-refractivity contribution in [2.75, 3.05) is 0 Å². The molecule has 4 nitrogen and oxygen atoms in total. The summed E-state index contributed by atoms with van der Waals surface area (Å²) in [6.45, 7) is 0. The van der Waals surface area contributed by atoms with Gasteiger partial charge in [-0.25, -0.2) is 0 Å². The first-order valence-corrected chi connectivity index (χ1v) is 4.71. The lowest BCUT2D eigenvalue weighted by Gasteiger charge is -1.91. The van der Waals surface area contributed by atoms with Gasteiger partial charge in [0.05, 0.1) is 5.52 Å². The number of hydrogen-bond donors (Lipinski definition) is 1. The van der Waals surface area contributed by atoms with Crippen LogP contribution < -0.4 is 0 Å². The molecule has 80 valence electrons. The minimum absolute atomic E-state index is 0. The molecule has 0 spiro atoms. The first kappa shape index (κ1) is 10.3. The zero-order chi connectivity index (χ0) is 10.3. The van der Waals surface area contributed by atoms with Crippen molar-refractivity contribution in [3.05, 3.63) is 42.2 Å². The highest BCUT2D eigenvalue weighted by Crippen LogP contribution is 2.25. The third-order valence-electron chi connectivity index (χ3n) is 2.57. The smallest absolute Gasteiger partial charge is 0.170 e.